The number of H-pyrrole nitrogens is 1. The summed E-state index contributed by atoms with van der Waals surface area (Å²) in [4.78, 5) is 11.5. The summed E-state index contributed by atoms with van der Waals surface area (Å²) >= 11 is 0. The minimum absolute atomic E-state index is 0.0738. The molecule has 1 fully saturated rings. The summed E-state index contributed by atoms with van der Waals surface area (Å²) in [5, 5.41) is 16.9. The van der Waals surface area contributed by atoms with Crippen LogP contribution in [0.15, 0.2) is 30.5 Å². The molecule has 36 heavy (non-hydrogen) atoms. The van der Waals surface area contributed by atoms with Gasteiger partial charge in [-0.15, -0.1) is 0 Å². The van der Waals surface area contributed by atoms with Gasteiger partial charge >= 0.3 is 5.97 Å². The van der Waals surface area contributed by atoms with Crippen LogP contribution in [0, 0.1) is 17.5 Å². The molecule has 0 unspecified atom stereocenters. The number of aliphatic carboxylic acids is 1. The molecule has 2 aromatic carbocycles. The van der Waals surface area contributed by atoms with Crippen LogP contribution in [0.2, 0.25) is 0 Å². The summed E-state index contributed by atoms with van der Waals surface area (Å²) in [5.74, 6) is -3.91. The van der Waals surface area contributed by atoms with Crippen molar-refractivity contribution in [2.24, 2.45) is 0 Å². The lowest BCUT2D eigenvalue weighted by molar-refractivity contribution is -0.153. The van der Waals surface area contributed by atoms with Gasteiger partial charge in [0.25, 0.3) is 0 Å². The van der Waals surface area contributed by atoms with Gasteiger partial charge in [-0.3, -0.25) is 5.10 Å². The number of fused-ring (bicyclic) bond motifs is 2. The highest BCUT2D eigenvalue weighted by Gasteiger charge is 2.38. The van der Waals surface area contributed by atoms with Gasteiger partial charge in [0.15, 0.2) is 23.6 Å². The summed E-state index contributed by atoms with van der Waals surface area (Å²) in [6, 6.07) is 5.33. The molecule has 1 aliphatic heterocycles. The smallest absolute Gasteiger partial charge is 0.332 e. The minimum atomic E-state index is -1.04. The second-order valence-electron chi connectivity index (χ2n) is 9.87. The molecule has 0 spiro atoms. The fourth-order valence-corrected chi connectivity index (χ4v) is 5.39. The molecular formula is C26H26F3N3O4. The van der Waals surface area contributed by atoms with Gasteiger partial charge in [0.05, 0.1) is 24.9 Å². The zero-order valence-electron chi connectivity index (χ0n) is 20.1. The zero-order valence-corrected chi connectivity index (χ0v) is 20.1. The highest BCUT2D eigenvalue weighted by molar-refractivity contribution is 6.00. The number of benzene rings is 2. The van der Waals surface area contributed by atoms with Crippen molar-refractivity contribution >= 4 is 27.8 Å². The maximum atomic E-state index is 16.2. The summed E-state index contributed by atoms with van der Waals surface area (Å²) in [6.45, 7) is 4.19. The molecule has 3 heterocycles. The van der Waals surface area contributed by atoms with Gasteiger partial charge < -0.3 is 19.1 Å². The number of methoxy groups -OCH3 is 1. The monoisotopic (exact) mass is 501 g/mol. The number of hydrogen-bond donors (Lipinski definition) is 2. The van der Waals surface area contributed by atoms with E-state index in [-0.39, 0.29) is 31.1 Å². The van der Waals surface area contributed by atoms with Crippen LogP contribution in [-0.2, 0) is 19.7 Å². The van der Waals surface area contributed by atoms with E-state index in [4.69, 9.17) is 9.47 Å². The summed E-state index contributed by atoms with van der Waals surface area (Å²) < 4.78 is 57.4. The number of halogens is 3. The number of nitrogens with zero attached hydrogens (tertiary/aromatic N) is 2. The quantitative estimate of drug-likeness (QED) is 0.379. The normalized spacial score (nSPS) is 18.8. The molecule has 4 aromatic rings. The molecule has 7 nitrogen and oxygen atoms in total. The molecule has 0 bridgehead atoms. The maximum Gasteiger partial charge on any atom is 0.332 e. The number of rotatable bonds is 6. The van der Waals surface area contributed by atoms with E-state index in [1.54, 1.807) is 17.7 Å². The van der Waals surface area contributed by atoms with Crippen LogP contribution in [0.25, 0.3) is 27.5 Å². The molecule has 2 atom stereocenters. The van der Waals surface area contributed by atoms with Crippen LogP contribution in [0.5, 0.6) is 0 Å². The third-order valence-electron chi connectivity index (χ3n) is 6.91. The molecule has 2 aromatic heterocycles. The second kappa shape index (κ2) is 8.94. The molecule has 10 heteroatoms. The summed E-state index contributed by atoms with van der Waals surface area (Å²) in [7, 11) is 1.56. The Morgan fingerprint density at radius 1 is 1.25 bits per heavy atom. The van der Waals surface area contributed by atoms with Crippen molar-refractivity contribution in [2.45, 2.75) is 44.1 Å². The van der Waals surface area contributed by atoms with Crippen molar-refractivity contribution in [1.82, 2.24) is 14.8 Å². The van der Waals surface area contributed by atoms with Crippen molar-refractivity contribution in [3.8, 4) is 5.69 Å². The standard InChI is InChI=1S/C26H26F3N3O4/c1-26(2,12-35-3)24-20(13-4-7-19(25(33)34)36-11-13)21-18(8-14-10-30-31-23(14)22(21)29)32(24)15-5-6-16(27)17(28)9-15/h5-6,8-10,13,19H,4,7,11-12H2,1-3H3,(H,30,31)(H,33,34)/t13-,19+/m0/s1. The van der Waals surface area contributed by atoms with Crippen molar-refractivity contribution in [1.29, 1.82) is 0 Å². The molecule has 0 amide bonds. The fraction of sp³-hybridized carbons (Fsp3) is 0.385. The number of carboxylic acid groups (broad SMARTS) is 1. The first-order valence-electron chi connectivity index (χ1n) is 11.6. The predicted molar refractivity (Wildman–Crippen MR) is 127 cm³/mol. The number of ether oxygens (including phenoxy) is 2. The van der Waals surface area contributed by atoms with E-state index in [1.165, 1.54) is 12.3 Å². The van der Waals surface area contributed by atoms with Gasteiger partial charge in [0.2, 0.25) is 0 Å². The first-order valence-corrected chi connectivity index (χ1v) is 11.6. The van der Waals surface area contributed by atoms with E-state index in [2.05, 4.69) is 10.2 Å². The topological polar surface area (TPSA) is 89.4 Å². The van der Waals surface area contributed by atoms with Gasteiger partial charge in [-0.05, 0) is 36.6 Å². The number of carbonyl (C=O) groups is 1. The Labute approximate surface area is 204 Å². The Morgan fingerprint density at radius 2 is 2.03 bits per heavy atom. The molecule has 2 N–H and O–H groups in total. The molecule has 5 rings (SSSR count). The highest BCUT2D eigenvalue weighted by Crippen LogP contribution is 2.46. The molecular weight excluding hydrogens is 475 g/mol. The first-order chi connectivity index (χ1) is 17.1. The summed E-state index contributed by atoms with van der Waals surface area (Å²) in [5.41, 5.74) is 1.61. The molecule has 190 valence electrons. The molecule has 0 saturated carbocycles. The Morgan fingerprint density at radius 3 is 2.67 bits per heavy atom. The van der Waals surface area contributed by atoms with Crippen molar-refractivity contribution < 1.29 is 32.5 Å². The Hall–Kier alpha value is -3.37. The van der Waals surface area contributed by atoms with Crippen molar-refractivity contribution in [2.75, 3.05) is 20.3 Å². The van der Waals surface area contributed by atoms with Crippen LogP contribution in [0.3, 0.4) is 0 Å². The average Bonchev–Trinajstić information content (AvgIpc) is 3.45. The minimum Gasteiger partial charge on any atom is -0.479 e. The number of aromatic amines is 1. The Bertz CT molecular complexity index is 1470. The van der Waals surface area contributed by atoms with Gasteiger partial charge in [-0.1, -0.05) is 13.8 Å². The highest BCUT2D eigenvalue weighted by atomic mass is 19.2. The van der Waals surface area contributed by atoms with Gasteiger partial charge in [-0.2, -0.15) is 5.10 Å². The largest absolute Gasteiger partial charge is 0.479 e. The zero-order chi connectivity index (χ0) is 25.8. The first kappa shape index (κ1) is 24.3. The average molecular weight is 502 g/mol. The molecule has 0 radical (unpaired) electrons. The summed E-state index contributed by atoms with van der Waals surface area (Å²) in [6.07, 6.45) is 1.28. The second-order valence-corrected chi connectivity index (χ2v) is 9.87. The fourth-order valence-electron chi connectivity index (χ4n) is 5.39. The predicted octanol–water partition coefficient (Wildman–Crippen LogP) is 5.20. The third kappa shape index (κ3) is 3.84. The number of hydrogen-bond acceptors (Lipinski definition) is 4. The van der Waals surface area contributed by atoms with Crippen LogP contribution in [0.4, 0.5) is 13.2 Å². The number of carboxylic acids is 1. The van der Waals surface area contributed by atoms with E-state index in [0.717, 1.165) is 12.1 Å². The third-order valence-corrected chi connectivity index (χ3v) is 6.91. The lowest BCUT2D eigenvalue weighted by Gasteiger charge is -2.32. The molecule has 0 aliphatic carbocycles. The van der Waals surface area contributed by atoms with E-state index in [0.29, 0.717) is 39.7 Å². The maximum absolute atomic E-state index is 16.2. The van der Waals surface area contributed by atoms with Gasteiger partial charge in [0, 0.05) is 46.7 Å². The van der Waals surface area contributed by atoms with Crippen LogP contribution in [0.1, 0.15) is 43.9 Å². The van der Waals surface area contributed by atoms with Crippen LogP contribution in [-0.4, -0.2) is 52.3 Å². The lowest BCUT2D eigenvalue weighted by atomic mass is 9.80. The Balaban J connectivity index is 1.87. The van der Waals surface area contributed by atoms with Gasteiger partial charge in [0.1, 0.15) is 5.52 Å². The number of nitrogens with one attached hydrogen (secondary N) is 1. The van der Waals surface area contributed by atoms with Gasteiger partial charge in [-0.25, -0.2) is 18.0 Å². The van der Waals surface area contributed by atoms with Crippen molar-refractivity contribution in [3.05, 3.63) is 59.2 Å². The van der Waals surface area contributed by atoms with Crippen molar-refractivity contribution in [3.63, 3.8) is 0 Å². The van der Waals surface area contributed by atoms with Crippen LogP contribution >= 0.6 is 0 Å². The van der Waals surface area contributed by atoms with E-state index < -0.39 is 34.9 Å². The van der Waals surface area contributed by atoms with Crippen LogP contribution < -0.4 is 0 Å². The SMILES string of the molecule is COCC(C)(C)c1c([C@H]2CC[C@H](C(=O)O)OC2)c2c(F)c3[nH]ncc3cc2n1-c1ccc(F)c(F)c1. The molecule has 1 saturated heterocycles. The number of aromatic nitrogens is 3. The lowest BCUT2D eigenvalue weighted by Crippen LogP contribution is -2.33. The van der Waals surface area contributed by atoms with E-state index >= 15 is 4.39 Å². The van der Waals surface area contributed by atoms with E-state index in [9.17, 15) is 18.7 Å². The Kier molecular flexibility index (Phi) is 6.04. The van der Waals surface area contributed by atoms with E-state index in [1.807, 2.05) is 13.8 Å². The molecule has 1 aliphatic rings.